The van der Waals surface area contributed by atoms with Gasteiger partial charge in [0.1, 0.15) is 5.78 Å². The Hall–Kier alpha value is -0.180. The molecule has 1 rings (SSSR count). The van der Waals surface area contributed by atoms with Crippen LogP contribution in [0.4, 0.5) is 0 Å². The maximum Gasteiger partial charge on any atom is 0.132 e. The van der Waals surface area contributed by atoms with Crippen molar-refractivity contribution in [2.75, 3.05) is 11.5 Å². The van der Waals surface area contributed by atoms with E-state index in [0.29, 0.717) is 18.6 Å². The Kier molecular flexibility index (Phi) is 7.14. The average Bonchev–Trinajstić information content (AvgIpc) is 2.49. The lowest BCUT2D eigenvalue weighted by Crippen LogP contribution is -1.92. The highest BCUT2D eigenvalue weighted by molar-refractivity contribution is 7.85. The van der Waals surface area contributed by atoms with E-state index in [2.05, 4.69) is 6.92 Å². The van der Waals surface area contributed by atoms with Gasteiger partial charge < -0.3 is 0 Å². The highest BCUT2D eigenvalue weighted by Crippen LogP contribution is 2.12. The van der Waals surface area contributed by atoms with Crippen molar-refractivity contribution >= 4 is 16.6 Å². The van der Waals surface area contributed by atoms with E-state index < -0.39 is 10.8 Å². The van der Waals surface area contributed by atoms with Gasteiger partial charge in [0.2, 0.25) is 0 Å². The third-order valence-corrected chi connectivity index (χ3v) is 3.73. The molecule has 3 heteroatoms. The second-order valence-corrected chi connectivity index (χ2v) is 5.07. The molecule has 0 aromatic rings. The molecule has 2 atom stereocenters. The summed E-state index contributed by atoms with van der Waals surface area (Å²) in [5.41, 5.74) is 0. The van der Waals surface area contributed by atoms with Crippen molar-refractivity contribution in [3.63, 3.8) is 0 Å². The second kappa shape index (κ2) is 7.25. The molecule has 13 heavy (non-hydrogen) atoms. The Morgan fingerprint density at radius 1 is 1.38 bits per heavy atom. The standard InChI is InChI=1S/C5H10OS.C5H10O/c1-5-2-3-7(6)4-5;1-3-5(6)4-2/h5H,2-4H2,1H3;3-4H2,1-2H3. The van der Waals surface area contributed by atoms with Gasteiger partial charge in [-0.25, -0.2) is 0 Å². The van der Waals surface area contributed by atoms with E-state index in [1.165, 1.54) is 6.42 Å². The van der Waals surface area contributed by atoms with E-state index in [4.69, 9.17) is 0 Å². The Balaban J connectivity index is 0.000000226. The summed E-state index contributed by atoms with van der Waals surface area (Å²) in [6, 6.07) is 0. The van der Waals surface area contributed by atoms with Crippen molar-refractivity contribution in [3.8, 4) is 0 Å². The third-order valence-electron chi connectivity index (χ3n) is 2.10. The van der Waals surface area contributed by atoms with Gasteiger partial charge in [0, 0.05) is 35.1 Å². The molecule has 0 saturated carbocycles. The molecule has 0 N–H and O–H groups in total. The number of carbonyl (C=O) groups is 1. The van der Waals surface area contributed by atoms with Crippen LogP contribution in [0.3, 0.4) is 0 Å². The number of rotatable bonds is 2. The quantitative estimate of drug-likeness (QED) is 0.690. The van der Waals surface area contributed by atoms with Gasteiger partial charge in [-0.1, -0.05) is 20.8 Å². The first-order chi connectivity index (χ1) is 6.10. The van der Waals surface area contributed by atoms with Gasteiger partial charge in [0.25, 0.3) is 0 Å². The summed E-state index contributed by atoms with van der Waals surface area (Å²) in [6.07, 6.45) is 2.56. The van der Waals surface area contributed by atoms with Crippen molar-refractivity contribution in [3.05, 3.63) is 0 Å². The van der Waals surface area contributed by atoms with Crippen molar-refractivity contribution in [1.82, 2.24) is 0 Å². The van der Waals surface area contributed by atoms with E-state index in [9.17, 15) is 9.00 Å². The molecular formula is C10H20O2S. The fourth-order valence-corrected chi connectivity index (χ4v) is 2.70. The molecular weight excluding hydrogens is 184 g/mol. The van der Waals surface area contributed by atoms with Crippen LogP contribution in [0, 0.1) is 5.92 Å². The largest absolute Gasteiger partial charge is 0.300 e. The van der Waals surface area contributed by atoms with Crippen molar-refractivity contribution in [2.45, 2.75) is 40.0 Å². The van der Waals surface area contributed by atoms with E-state index in [1.807, 2.05) is 13.8 Å². The van der Waals surface area contributed by atoms with Crippen LogP contribution in [0.2, 0.25) is 0 Å². The smallest absolute Gasteiger partial charge is 0.132 e. The summed E-state index contributed by atoms with van der Waals surface area (Å²) in [6.45, 7) is 5.92. The molecule has 0 spiro atoms. The first-order valence-electron chi connectivity index (χ1n) is 4.96. The number of hydrogen-bond acceptors (Lipinski definition) is 2. The predicted molar refractivity (Wildman–Crippen MR) is 57.2 cm³/mol. The molecule has 0 bridgehead atoms. The summed E-state index contributed by atoms with van der Waals surface area (Å²) in [5.74, 6) is 2.96. The summed E-state index contributed by atoms with van der Waals surface area (Å²) in [7, 11) is -0.453. The molecule has 1 saturated heterocycles. The van der Waals surface area contributed by atoms with E-state index in [0.717, 1.165) is 17.4 Å². The highest BCUT2D eigenvalue weighted by atomic mass is 32.2. The summed E-state index contributed by atoms with van der Waals surface area (Å²) >= 11 is 0. The van der Waals surface area contributed by atoms with Gasteiger partial charge in [0.15, 0.2) is 0 Å². The maximum absolute atomic E-state index is 10.6. The van der Waals surface area contributed by atoms with Crippen LogP contribution in [0.5, 0.6) is 0 Å². The Bertz CT molecular complexity index is 172. The minimum absolute atomic E-state index is 0.343. The van der Waals surface area contributed by atoms with Crippen LogP contribution in [0.1, 0.15) is 40.0 Å². The van der Waals surface area contributed by atoms with Crippen LogP contribution in [-0.2, 0) is 15.6 Å². The molecule has 0 aromatic carbocycles. The first-order valence-corrected chi connectivity index (χ1v) is 6.45. The summed E-state index contributed by atoms with van der Waals surface area (Å²) < 4.78 is 10.6. The fourth-order valence-electron chi connectivity index (χ4n) is 1.07. The van der Waals surface area contributed by atoms with Crippen LogP contribution in [-0.4, -0.2) is 21.5 Å². The summed E-state index contributed by atoms with van der Waals surface area (Å²) in [5, 5.41) is 0. The van der Waals surface area contributed by atoms with Gasteiger partial charge in [-0.2, -0.15) is 0 Å². The first kappa shape index (κ1) is 12.8. The lowest BCUT2D eigenvalue weighted by molar-refractivity contribution is -0.118. The molecule has 0 radical (unpaired) electrons. The average molecular weight is 204 g/mol. The number of ketones is 1. The SMILES string of the molecule is CC1CCS(=O)C1.CCC(=O)CC. The van der Waals surface area contributed by atoms with Crippen LogP contribution in [0.15, 0.2) is 0 Å². The molecule has 78 valence electrons. The van der Waals surface area contributed by atoms with Crippen molar-refractivity contribution < 1.29 is 9.00 Å². The van der Waals surface area contributed by atoms with Crippen LogP contribution < -0.4 is 0 Å². The molecule has 0 amide bonds. The molecule has 0 aromatic heterocycles. The zero-order valence-electron chi connectivity index (χ0n) is 8.84. The summed E-state index contributed by atoms with van der Waals surface area (Å²) in [4.78, 5) is 10.2. The van der Waals surface area contributed by atoms with Gasteiger partial charge in [0.05, 0.1) is 0 Å². The third kappa shape index (κ3) is 6.94. The van der Waals surface area contributed by atoms with Crippen molar-refractivity contribution in [1.29, 1.82) is 0 Å². The lowest BCUT2D eigenvalue weighted by Gasteiger charge is -1.89. The molecule has 1 aliphatic heterocycles. The fraction of sp³-hybridized carbons (Fsp3) is 0.900. The molecule has 2 nitrogen and oxygen atoms in total. The van der Waals surface area contributed by atoms with Gasteiger partial charge in [-0.3, -0.25) is 9.00 Å². The molecule has 2 unspecified atom stereocenters. The van der Waals surface area contributed by atoms with E-state index >= 15 is 0 Å². The zero-order valence-corrected chi connectivity index (χ0v) is 9.65. The van der Waals surface area contributed by atoms with Crippen LogP contribution in [0.25, 0.3) is 0 Å². The highest BCUT2D eigenvalue weighted by Gasteiger charge is 2.15. The molecule has 1 heterocycles. The van der Waals surface area contributed by atoms with Gasteiger partial charge in [-0.15, -0.1) is 0 Å². The Morgan fingerprint density at radius 3 is 2.00 bits per heavy atom. The molecule has 1 fully saturated rings. The maximum atomic E-state index is 10.6. The van der Waals surface area contributed by atoms with Crippen molar-refractivity contribution in [2.24, 2.45) is 5.92 Å². The van der Waals surface area contributed by atoms with E-state index in [1.54, 1.807) is 0 Å². The molecule has 1 aliphatic rings. The minimum atomic E-state index is -0.453. The minimum Gasteiger partial charge on any atom is -0.300 e. The number of Topliss-reactive ketones (excluding diaryl/α,β-unsaturated/α-hetero) is 1. The number of hydrogen-bond donors (Lipinski definition) is 0. The van der Waals surface area contributed by atoms with Crippen LogP contribution >= 0.6 is 0 Å². The second-order valence-electron chi connectivity index (χ2n) is 3.45. The monoisotopic (exact) mass is 204 g/mol. The van der Waals surface area contributed by atoms with Gasteiger partial charge >= 0.3 is 0 Å². The normalized spacial score (nSPS) is 26.4. The molecule has 0 aliphatic carbocycles. The predicted octanol–water partition coefficient (Wildman–Crippen LogP) is 2.15. The lowest BCUT2D eigenvalue weighted by atomic mass is 10.2. The Morgan fingerprint density at radius 2 is 1.92 bits per heavy atom. The Labute approximate surface area is 83.6 Å². The number of carbonyl (C=O) groups excluding carboxylic acids is 1. The van der Waals surface area contributed by atoms with E-state index in [-0.39, 0.29) is 0 Å². The van der Waals surface area contributed by atoms with Gasteiger partial charge in [-0.05, 0) is 12.3 Å². The topological polar surface area (TPSA) is 34.1 Å². The zero-order chi connectivity index (χ0) is 10.3.